The van der Waals surface area contributed by atoms with Gasteiger partial charge in [-0.2, -0.15) is 31.0 Å². The van der Waals surface area contributed by atoms with E-state index in [1.165, 1.54) is 17.8 Å². The first kappa shape index (κ1) is 18.9. The van der Waals surface area contributed by atoms with Gasteiger partial charge in [0.05, 0.1) is 5.56 Å². The fourth-order valence-corrected chi connectivity index (χ4v) is 3.84. The maximum Gasteiger partial charge on any atom is 0.418 e. The van der Waals surface area contributed by atoms with E-state index < -0.39 is 21.9 Å². The first-order valence-electron chi connectivity index (χ1n) is 7.92. The second-order valence-electron chi connectivity index (χ2n) is 6.28. The van der Waals surface area contributed by atoms with Gasteiger partial charge in [0, 0.05) is 32.4 Å². The summed E-state index contributed by atoms with van der Waals surface area (Å²) < 4.78 is 65.2. The molecule has 0 atom stereocenters. The van der Waals surface area contributed by atoms with Crippen molar-refractivity contribution in [1.82, 2.24) is 18.9 Å². The van der Waals surface area contributed by atoms with Gasteiger partial charge in [0.1, 0.15) is 11.3 Å². The van der Waals surface area contributed by atoms with Crippen molar-refractivity contribution in [3.63, 3.8) is 0 Å². The molecule has 0 bridgehead atoms. The minimum absolute atomic E-state index is 0.0960. The summed E-state index contributed by atoms with van der Waals surface area (Å²) in [7, 11) is -2.41. The predicted molar refractivity (Wildman–Crippen MR) is 88.8 cm³/mol. The molecule has 8 nitrogen and oxygen atoms in total. The summed E-state index contributed by atoms with van der Waals surface area (Å²) in [6, 6.07) is 0.683. The van der Waals surface area contributed by atoms with Crippen LogP contribution < -0.4 is 10.0 Å². The van der Waals surface area contributed by atoms with Crippen LogP contribution in [0.1, 0.15) is 24.2 Å². The Kier molecular flexibility index (Phi) is 4.61. The van der Waals surface area contributed by atoms with Crippen LogP contribution in [0.4, 0.5) is 19.0 Å². The second kappa shape index (κ2) is 6.35. The lowest BCUT2D eigenvalue weighted by Gasteiger charge is -2.36. The Bertz CT molecular complexity index is 919. The van der Waals surface area contributed by atoms with Gasteiger partial charge in [-0.05, 0) is 25.8 Å². The molecule has 2 aromatic rings. The van der Waals surface area contributed by atoms with Crippen LogP contribution >= 0.6 is 0 Å². The number of aryl methyl sites for hydroxylation is 1. The van der Waals surface area contributed by atoms with Gasteiger partial charge in [-0.25, -0.2) is 14.6 Å². The monoisotopic (exact) mass is 392 g/mol. The zero-order valence-corrected chi connectivity index (χ0v) is 15.0. The highest BCUT2D eigenvalue weighted by atomic mass is 32.2. The molecule has 2 aromatic heterocycles. The van der Waals surface area contributed by atoms with Crippen molar-refractivity contribution in [3.8, 4) is 0 Å². The van der Waals surface area contributed by atoms with Crippen molar-refractivity contribution < 1.29 is 21.6 Å². The molecule has 0 saturated carbocycles. The molecule has 1 fully saturated rings. The van der Waals surface area contributed by atoms with Crippen LogP contribution in [0, 0.1) is 6.92 Å². The van der Waals surface area contributed by atoms with Crippen molar-refractivity contribution in [2.45, 2.75) is 32.0 Å². The summed E-state index contributed by atoms with van der Waals surface area (Å²) in [5.74, 6) is 0.548. The summed E-state index contributed by atoms with van der Waals surface area (Å²) in [4.78, 5) is 5.96. The standard InChI is InChI=1S/C14H19F3N6O2S/c1-9-19-13(12-11(14(15,16)17)5-8-23(12)20-9)22-6-3-10(4-7-22)21(2)26(18,24)25/h5,8,10H,3-4,6-7H2,1-2H3,(H2,18,24,25). The number of piperidine rings is 1. The Hall–Kier alpha value is -1.92. The Labute approximate surface area is 148 Å². The number of alkyl halides is 3. The van der Waals surface area contributed by atoms with Crippen molar-refractivity contribution in [2.24, 2.45) is 5.14 Å². The van der Waals surface area contributed by atoms with E-state index in [1.54, 1.807) is 11.8 Å². The number of halogens is 3. The predicted octanol–water partition coefficient (Wildman–Crippen LogP) is 1.16. The summed E-state index contributed by atoms with van der Waals surface area (Å²) in [6.07, 6.45) is -2.39. The van der Waals surface area contributed by atoms with Gasteiger partial charge in [0.2, 0.25) is 0 Å². The number of nitrogens with zero attached hydrogens (tertiary/aromatic N) is 5. The number of nitrogens with two attached hydrogens (primary N) is 1. The third kappa shape index (κ3) is 3.48. The van der Waals surface area contributed by atoms with Crippen LogP contribution in [0.15, 0.2) is 12.3 Å². The van der Waals surface area contributed by atoms with Crippen LogP contribution in [0.2, 0.25) is 0 Å². The van der Waals surface area contributed by atoms with Gasteiger partial charge in [-0.3, -0.25) is 0 Å². The maximum atomic E-state index is 13.3. The average molecular weight is 392 g/mol. The van der Waals surface area contributed by atoms with Gasteiger partial charge < -0.3 is 4.90 Å². The Morgan fingerprint density at radius 2 is 1.92 bits per heavy atom. The third-order valence-electron chi connectivity index (χ3n) is 4.58. The fourth-order valence-electron chi connectivity index (χ4n) is 3.21. The van der Waals surface area contributed by atoms with Crippen molar-refractivity contribution in [2.75, 3.05) is 25.0 Å². The first-order chi connectivity index (χ1) is 12.0. The van der Waals surface area contributed by atoms with Crippen LogP contribution in [-0.2, 0) is 16.4 Å². The Morgan fingerprint density at radius 3 is 2.46 bits per heavy atom. The van der Waals surface area contributed by atoms with E-state index in [0.29, 0.717) is 31.8 Å². The van der Waals surface area contributed by atoms with E-state index in [1.807, 2.05) is 0 Å². The minimum Gasteiger partial charge on any atom is -0.355 e. The lowest BCUT2D eigenvalue weighted by atomic mass is 10.1. The Balaban J connectivity index is 1.93. The number of anilines is 1. The van der Waals surface area contributed by atoms with Gasteiger partial charge in [0.15, 0.2) is 5.82 Å². The zero-order chi connectivity index (χ0) is 19.3. The molecule has 1 saturated heterocycles. The van der Waals surface area contributed by atoms with Crippen molar-refractivity contribution >= 4 is 21.5 Å². The molecule has 0 amide bonds. The fraction of sp³-hybridized carbons (Fsp3) is 0.571. The second-order valence-corrected chi connectivity index (χ2v) is 7.89. The molecular formula is C14H19F3N6O2S. The van der Waals surface area contributed by atoms with Crippen LogP contribution in [-0.4, -0.2) is 53.5 Å². The molecule has 0 aliphatic carbocycles. The molecular weight excluding hydrogens is 373 g/mol. The summed E-state index contributed by atoms with van der Waals surface area (Å²) in [5, 5.41) is 9.15. The largest absolute Gasteiger partial charge is 0.418 e. The normalized spacial score (nSPS) is 17.4. The number of aromatic nitrogens is 3. The molecule has 3 rings (SSSR count). The first-order valence-corrected chi connectivity index (χ1v) is 9.42. The molecule has 26 heavy (non-hydrogen) atoms. The van der Waals surface area contributed by atoms with E-state index in [2.05, 4.69) is 10.1 Å². The molecule has 0 radical (unpaired) electrons. The quantitative estimate of drug-likeness (QED) is 0.846. The molecule has 0 spiro atoms. The van der Waals surface area contributed by atoms with Gasteiger partial charge in [-0.15, -0.1) is 0 Å². The van der Waals surface area contributed by atoms with E-state index in [4.69, 9.17) is 5.14 Å². The topological polar surface area (TPSA) is 96.8 Å². The molecule has 0 unspecified atom stereocenters. The molecule has 0 aromatic carbocycles. The highest BCUT2D eigenvalue weighted by Gasteiger charge is 2.37. The van der Waals surface area contributed by atoms with Crippen molar-refractivity contribution in [1.29, 1.82) is 0 Å². The summed E-state index contributed by atoms with van der Waals surface area (Å²) in [5.41, 5.74) is -0.891. The summed E-state index contributed by atoms with van der Waals surface area (Å²) in [6.45, 7) is 2.33. The summed E-state index contributed by atoms with van der Waals surface area (Å²) >= 11 is 0. The van der Waals surface area contributed by atoms with Crippen molar-refractivity contribution in [3.05, 3.63) is 23.7 Å². The number of fused-ring (bicyclic) bond motifs is 1. The number of hydrogen-bond donors (Lipinski definition) is 1. The van der Waals surface area contributed by atoms with Gasteiger partial charge in [-0.1, -0.05) is 0 Å². The Morgan fingerprint density at radius 1 is 1.31 bits per heavy atom. The molecule has 1 aliphatic rings. The van der Waals surface area contributed by atoms with Crippen LogP contribution in [0.3, 0.4) is 0 Å². The molecule has 144 valence electrons. The molecule has 1 aliphatic heterocycles. The number of hydrogen-bond acceptors (Lipinski definition) is 5. The van der Waals surface area contributed by atoms with E-state index in [-0.39, 0.29) is 17.4 Å². The maximum absolute atomic E-state index is 13.3. The highest BCUT2D eigenvalue weighted by molar-refractivity contribution is 7.86. The molecule has 3 heterocycles. The molecule has 12 heteroatoms. The van der Waals surface area contributed by atoms with Gasteiger partial charge in [0.25, 0.3) is 10.2 Å². The lowest BCUT2D eigenvalue weighted by molar-refractivity contribution is -0.136. The zero-order valence-electron chi connectivity index (χ0n) is 14.2. The lowest BCUT2D eigenvalue weighted by Crippen LogP contribution is -2.48. The van der Waals surface area contributed by atoms with Crippen LogP contribution in [0.5, 0.6) is 0 Å². The van der Waals surface area contributed by atoms with Gasteiger partial charge >= 0.3 is 6.18 Å². The van der Waals surface area contributed by atoms with E-state index in [0.717, 1.165) is 10.4 Å². The molecule has 2 N–H and O–H groups in total. The smallest absolute Gasteiger partial charge is 0.355 e. The van der Waals surface area contributed by atoms with Crippen LogP contribution in [0.25, 0.3) is 5.52 Å². The number of rotatable bonds is 3. The minimum atomic E-state index is -4.52. The highest BCUT2D eigenvalue weighted by Crippen LogP contribution is 2.37. The van der Waals surface area contributed by atoms with E-state index in [9.17, 15) is 21.6 Å². The average Bonchev–Trinajstić information content (AvgIpc) is 2.96. The van der Waals surface area contributed by atoms with E-state index >= 15 is 0 Å². The third-order valence-corrected chi connectivity index (χ3v) is 5.68. The SMILES string of the molecule is Cc1nc(N2CCC(N(C)S(N)(=O)=O)CC2)c2c(C(F)(F)F)ccn2n1.